The Morgan fingerprint density at radius 3 is 2.71 bits per heavy atom. The SMILES string of the molecule is CC(NC(=O)NCc1cccnc1-n1cccn1)c1ccccc1. The van der Waals surface area contributed by atoms with Crippen LogP contribution in [0.3, 0.4) is 0 Å². The number of carbonyl (C=O) groups excluding carboxylic acids is 1. The van der Waals surface area contributed by atoms with Crippen LogP contribution in [0.2, 0.25) is 0 Å². The fourth-order valence-electron chi connectivity index (χ4n) is 2.42. The van der Waals surface area contributed by atoms with Gasteiger partial charge in [-0.25, -0.2) is 14.5 Å². The molecule has 6 heteroatoms. The van der Waals surface area contributed by atoms with Crippen LogP contribution >= 0.6 is 0 Å². The zero-order valence-electron chi connectivity index (χ0n) is 13.4. The van der Waals surface area contributed by atoms with Gasteiger partial charge in [0.2, 0.25) is 0 Å². The third-order valence-electron chi connectivity index (χ3n) is 3.68. The molecule has 1 atom stereocenters. The Hall–Kier alpha value is -3.15. The van der Waals surface area contributed by atoms with Gasteiger partial charge in [-0.15, -0.1) is 0 Å². The first-order chi connectivity index (χ1) is 11.7. The fraction of sp³-hybridized carbons (Fsp3) is 0.167. The lowest BCUT2D eigenvalue weighted by Gasteiger charge is -2.15. The Kier molecular flexibility index (Phi) is 4.86. The van der Waals surface area contributed by atoms with E-state index in [0.717, 1.165) is 11.1 Å². The van der Waals surface area contributed by atoms with Crippen LogP contribution in [0.15, 0.2) is 67.1 Å². The largest absolute Gasteiger partial charge is 0.334 e. The second-order valence-corrected chi connectivity index (χ2v) is 5.40. The highest BCUT2D eigenvalue weighted by Crippen LogP contribution is 2.12. The minimum atomic E-state index is -0.221. The van der Waals surface area contributed by atoms with Crippen LogP contribution in [-0.2, 0) is 6.54 Å². The maximum atomic E-state index is 12.1. The normalized spacial score (nSPS) is 11.7. The molecule has 1 unspecified atom stereocenters. The molecule has 0 bridgehead atoms. The Labute approximate surface area is 140 Å². The van der Waals surface area contributed by atoms with Crippen LogP contribution in [0.4, 0.5) is 4.79 Å². The van der Waals surface area contributed by atoms with Crippen molar-refractivity contribution in [3.05, 3.63) is 78.2 Å². The summed E-state index contributed by atoms with van der Waals surface area (Å²) < 4.78 is 1.68. The van der Waals surface area contributed by atoms with E-state index in [1.165, 1.54) is 0 Å². The van der Waals surface area contributed by atoms with Crippen molar-refractivity contribution in [1.82, 2.24) is 25.4 Å². The number of nitrogens with zero attached hydrogens (tertiary/aromatic N) is 3. The van der Waals surface area contributed by atoms with Gasteiger partial charge in [-0.1, -0.05) is 36.4 Å². The molecule has 0 saturated carbocycles. The van der Waals surface area contributed by atoms with Crippen LogP contribution in [0.25, 0.3) is 5.82 Å². The number of nitrogens with one attached hydrogen (secondary N) is 2. The molecule has 2 heterocycles. The molecule has 0 aliphatic rings. The molecule has 0 spiro atoms. The first kappa shape index (κ1) is 15.7. The molecule has 3 rings (SSSR count). The van der Waals surface area contributed by atoms with E-state index in [-0.39, 0.29) is 12.1 Å². The molecule has 0 radical (unpaired) electrons. The van der Waals surface area contributed by atoms with E-state index in [0.29, 0.717) is 12.4 Å². The van der Waals surface area contributed by atoms with Gasteiger partial charge in [-0.2, -0.15) is 5.10 Å². The van der Waals surface area contributed by atoms with Crippen molar-refractivity contribution in [1.29, 1.82) is 0 Å². The highest BCUT2D eigenvalue weighted by atomic mass is 16.2. The van der Waals surface area contributed by atoms with E-state index in [1.807, 2.05) is 61.7 Å². The summed E-state index contributed by atoms with van der Waals surface area (Å²) in [6.07, 6.45) is 5.22. The van der Waals surface area contributed by atoms with Gasteiger partial charge < -0.3 is 10.6 Å². The number of benzene rings is 1. The second-order valence-electron chi connectivity index (χ2n) is 5.40. The molecule has 3 aromatic rings. The van der Waals surface area contributed by atoms with Crippen LogP contribution in [0, 0.1) is 0 Å². The van der Waals surface area contributed by atoms with Gasteiger partial charge in [0, 0.05) is 30.7 Å². The molecule has 2 amide bonds. The quantitative estimate of drug-likeness (QED) is 0.759. The summed E-state index contributed by atoms with van der Waals surface area (Å²) in [6.45, 7) is 2.32. The molecule has 2 aromatic heterocycles. The summed E-state index contributed by atoms with van der Waals surface area (Å²) >= 11 is 0. The van der Waals surface area contributed by atoms with Crippen molar-refractivity contribution in [2.24, 2.45) is 0 Å². The number of hydrogen-bond donors (Lipinski definition) is 2. The third-order valence-corrected chi connectivity index (χ3v) is 3.68. The summed E-state index contributed by atoms with van der Waals surface area (Å²) in [7, 11) is 0. The van der Waals surface area contributed by atoms with Gasteiger partial charge >= 0.3 is 6.03 Å². The Bertz CT molecular complexity index is 786. The van der Waals surface area contributed by atoms with E-state index in [4.69, 9.17) is 0 Å². The molecule has 24 heavy (non-hydrogen) atoms. The zero-order chi connectivity index (χ0) is 16.8. The van der Waals surface area contributed by atoms with E-state index >= 15 is 0 Å². The van der Waals surface area contributed by atoms with Gasteiger partial charge in [0.05, 0.1) is 6.04 Å². The Morgan fingerprint density at radius 2 is 1.96 bits per heavy atom. The molecule has 1 aromatic carbocycles. The van der Waals surface area contributed by atoms with Gasteiger partial charge in [-0.05, 0) is 24.6 Å². The second kappa shape index (κ2) is 7.41. The van der Waals surface area contributed by atoms with Crippen LogP contribution < -0.4 is 10.6 Å². The summed E-state index contributed by atoms with van der Waals surface area (Å²) in [4.78, 5) is 16.5. The summed E-state index contributed by atoms with van der Waals surface area (Å²) in [5.74, 6) is 0.707. The van der Waals surface area contributed by atoms with Gasteiger partial charge in [0.25, 0.3) is 0 Å². The average Bonchev–Trinajstić information content (AvgIpc) is 3.15. The Balaban J connectivity index is 1.61. The van der Waals surface area contributed by atoms with Gasteiger partial charge in [0.1, 0.15) is 0 Å². The number of hydrogen-bond acceptors (Lipinski definition) is 3. The van der Waals surface area contributed by atoms with Gasteiger partial charge in [-0.3, -0.25) is 0 Å². The fourth-order valence-corrected chi connectivity index (χ4v) is 2.42. The van der Waals surface area contributed by atoms with Crippen molar-refractivity contribution in [3.8, 4) is 5.82 Å². The highest BCUT2D eigenvalue weighted by Gasteiger charge is 2.10. The van der Waals surface area contributed by atoms with Crippen molar-refractivity contribution in [2.45, 2.75) is 19.5 Å². The maximum absolute atomic E-state index is 12.1. The number of aromatic nitrogens is 3. The highest BCUT2D eigenvalue weighted by molar-refractivity contribution is 5.74. The smallest absolute Gasteiger partial charge is 0.315 e. The molecule has 0 aliphatic carbocycles. The lowest BCUT2D eigenvalue weighted by Crippen LogP contribution is -2.36. The minimum absolute atomic E-state index is 0.0642. The predicted molar refractivity (Wildman–Crippen MR) is 91.6 cm³/mol. The van der Waals surface area contributed by atoms with Crippen molar-refractivity contribution >= 4 is 6.03 Å². The predicted octanol–water partition coefficient (Wildman–Crippen LogP) is 2.83. The third kappa shape index (κ3) is 3.78. The number of pyridine rings is 1. The average molecular weight is 321 g/mol. The van der Waals surface area contributed by atoms with Crippen molar-refractivity contribution < 1.29 is 4.79 Å². The first-order valence-corrected chi connectivity index (χ1v) is 7.77. The summed E-state index contributed by atoms with van der Waals surface area (Å²) in [5, 5.41) is 9.99. The van der Waals surface area contributed by atoms with Crippen LogP contribution in [0.1, 0.15) is 24.1 Å². The standard InChI is InChI=1S/C18H19N5O/c1-14(15-7-3-2-4-8-15)22-18(24)20-13-16-9-5-10-19-17(16)23-12-6-11-21-23/h2-12,14H,13H2,1H3,(H2,20,22,24). The summed E-state index contributed by atoms with van der Waals surface area (Å²) in [5.41, 5.74) is 1.95. The molecule has 2 N–H and O–H groups in total. The van der Waals surface area contributed by atoms with Crippen molar-refractivity contribution in [2.75, 3.05) is 0 Å². The lowest BCUT2D eigenvalue weighted by molar-refractivity contribution is 0.237. The molecule has 6 nitrogen and oxygen atoms in total. The lowest BCUT2D eigenvalue weighted by atomic mass is 10.1. The molecular formula is C18H19N5O. The van der Waals surface area contributed by atoms with E-state index in [2.05, 4.69) is 20.7 Å². The van der Waals surface area contributed by atoms with Gasteiger partial charge in [0.15, 0.2) is 5.82 Å². The van der Waals surface area contributed by atoms with E-state index in [9.17, 15) is 4.79 Å². The van der Waals surface area contributed by atoms with Crippen molar-refractivity contribution in [3.63, 3.8) is 0 Å². The first-order valence-electron chi connectivity index (χ1n) is 7.77. The Morgan fingerprint density at radius 1 is 1.12 bits per heavy atom. The molecule has 122 valence electrons. The molecule has 0 fully saturated rings. The molecule has 0 aliphatic heterocycles. The topological polar surface area (TPSA) is 71.8 Å². The monoisotopic (exact) mass is 321 g/mol. The van der Waals surface area contributed by atoms with E-state index < -0.39 is 0 Å². The minimum Gasteiger partial charge on any atom is -0.334 e. The van der Waals surface area contributed by atoms with E-state index in [1.54, 1.807) is 17.1 Å². The van der Waals surface area contributed by atoms with Crippen LogP contribution in [-0.4, -0.2) is 20.8 Å². The zero-order valence-corrected chi connectivity index (χ0v) is 13.4. The number of carbonyl (C=O) groups is 1. The van der Waals surface area contributed by atoms with Crippen LogP contribution in [0.5, 0.6) is 0 Å². The number of amides is 2. The molecule has 0 saturated heterocycles. The number of rotatable bonds is 5. The maximum Gasteiger partial charge on any atom is 0.315 e. The summed E-state index contributed by atoms with van der Waals surface area (Å²) in [6, 6.07) is 15.2. The number of urea groups is 1. The molecular weight excluding hydrogens is 302 g/mol.